The van der Waals surface area contributed by atoms with Crippen LogP contribution in [0.5, 0.6) is 5.75 Å². The van der Waals surface area contributed by atoms with Crippen LogP contribution in [0.2, 0.25) is 0 Å². The lowest BCUT2D eigenvalue weighted by Crippen LogP contribution is -2.40. The van der Waals surface area contributed by atoms with E-state index in [1.54, 1.807) is 19.2 Å². The Morgan fingerprint density at radius 3 is 2.53 bits per heavy atom. The van der Waals surface area contributed by atoms with E-state index in [2.05, 4.69) is 0 Å². The number of halogens is 1. The topological polar surface area (TPSA) is 92.1 Å². The number of amides is 2. The molecule has 2 aliphatic heterocycles. The Morgan fingerprint density at radius 1 is 1.12 bits per heavy atom. The third-order valence-corrected chi connectivity index (χ3v) is 7.56. The molecule has 1 unspecified atom stereocenters. The van der Waals surface area contributed by atoms with E-state index in [0.29, 0.717) is 25.1 Å². The van der Waals surface area contributed by atoms with E-state index in [-0.39, 0.29) is 47.4 Å². The fraction of sp³-hybridized carbons (Fsp3) is 0.480. The van der Waals surface area contributed by atoms with Crippen molar-refractivity contribution < 1.29 is 23.8 Å². The smallest absolute Gasteiger partial charge is 0.295 e. The zero-order valence-corrected chi connectivity index (χ0v) is 18.9. The van der Waals surface area contributed by atoms with Crippen LogP contribution in [0.3, 0.4) is 0 Å². The minimum absolute atomic E-state index is 0.00408. The van der Waals surface area contributed by atoms with Crippen LogP contribution in [-0.2, 0) is 17.7 Å². The van der Waals surface area contributed by atoms with Gasteiger partial charge in [-0.25, -0.2) is 4.39 Å². The van der Waals surface area contributed by atoms with Crippen LogP contribution in [0.1, 0.15) is 57.4 Å². The van der Waals surface area contributed by atoms with Crippen LogP contribution in [-0.4, -0.2) is 57.6 Å². The van der Waals surface area contributed by atoms with Crippen LogP contribution in [0, 0.1) is 17.7 Å². The highest BCUT2D eigenvalue weighted by Gasteiger charge is 2.56. The van der Waals surface area contributed by atoms with Crippen molar-refractivity contribution in [3.63, 3.8) is 0 Å². The summed E-state index contributed by atoms with van der Waals surface area (Å²) in [4.78, 5) is 43.8. The van der Waals surface area contributed by atoms with Crippen molar-refractivity contribution in [3.8, 4) is 5.75 Å². The highest BCUT2D eigenvalue weighted by atomic mass is 19.1. The third-order valence-electron chi connectivity index (χ3n) is 7.56. The van der Waals surface area contributed by atoms with Crippen LogP contribution in [0.25, 0.3) is 0 Å². The predicted octanol–water partition coefficient (Wildman–Crippen LogP) is 2.29. The maximum absolute atomic E-state index is 13.7. The molecule has 2 aromatic rings. The first-order chi connectivity index (χ1) is 16.4. The van der Waals surface area contributed by atoms with E-state index in [1.807, 2.05) is 4.90 Å². The molecule has 0 radical (unpaired) electrons. The molecule has 2 fully saturated rings. The summed E-state index contributed by atoms with van der Waals surface area (Å²) in [6, 6.07) is 5.86. The van der Waals surface area contributed by atoms with Gasteiger partial charge in [0.05, 0.1) is 12.2 Å². The third kappa shape index (κ3) is 3.17. The number of fused-ring (bicyclic) bond motifs is 3. The number of pyridine rings is 1. The zero-order valence-electron chi connectivity index (χ0n) is 18.9. The second kappa shape index (κ2) is 7.66. The Hall–Kier alpha value is -3.20. The maximum atomic E-state index is 13.7. The minimum Gasteiger partial charge on any atom is -0.502 e. The fourth-order valence-corrected chi connectivity index (χ4v) is 5.67. The number of nitrogens with zero attached hydrogens (tertiary/aromatic N) is 3. The normalized spacial score (nSPS) is 25.5. The van der Waals surface area contributed by atoms with Gasteiger partial charge in [0, 0.05) is 37.7 Å². The summed E-state index contributed by atoms with van der Waals surface area (Å²) in [5, 5.41) is 10.9. The molecule has 1 N–H and O–H groups in total. The number of aromatic nitrogens is 1. The number of hydrogen-bond donors (Lipinski definition) is 1. The van der Waals surface area contributed by atoms with Crippen molar-refractivity contribution in [1.82, 2.24) is 14.4 Å². The fourth-order valence-electron chi connectivity index (χ4n) is 5.67. The summed E-state index contributed by atoms with van der Waals surface area (Å²) in [7, 11) is 1.64. The molecule has 6 rings (SSSR count). The average Bonchev–Trinajstić information content (AvgIpc) is 3.74. The van der Waals surface area contributed by atoms with Crippen molar-refractivity contribution in [2.24, 2.45) is 11.8 Å². The van der Waals surface area contributed by atoms with Crippen LogP contribution < -0.4 is 5.56 Å². The van der Waals surface area contributed by atoms with Gasteiger partial charge in [-0.15, -0.1) is 0 Å². The minimum atomic E-state index is -0.678. The second-order valence-corrected chi connectivity index (χ2v) is 9.81. The highest BCUT2D eigenvalue weighted by Crippen LogP contribution is 2.51. The van der Waals surface area contributed by atoms with Crippen LogP contribution in [0.4, 0.5) is 4.39 Å². The number of ether oxygens (including phenoxy) is 1. The first kappa shape index (κ1) is 21.3. The van der Waals surface area contributed by atoms with Crippen molar-refractivity contribution in [1.29, 1.82) is 0 Å². The quantitative estimate of drug-likeness (QED) is 0.704. The molecule has 1 aromatic carbocycles. The maximum Gasteiger partial charge on any atom is 0.295 e. The van der Waals surface area contributed by atoms with Gasteiger partial charge in [-0.05, 0) is 49.3 Å². The number of carbonyl (C=O) groups is 2. The average molecular weight is 467 g/mol. The highest BCUT2D eigenvalue weighted by molar-refractivity contribution is 6.05. The molecule has 8 nitrogen and oxygen atoms in total. The summed E-state index contributed by atoms with van der Waals surface area (Å²) in [5.74, 6) is -1.25. The summed E-state index contributed by atoms with van der Waals surface area (Å²) < 4.78 is 20.0. The summed E-state index contributed by atoms with van der Waals surface area (Å²) >= 11 is 0. The standard InChI is InChI=1S/C25H26FN3O5/c1-34-12-15-10-18(15)28-22(14-4-5-14)29-20(24(28)32)17-8-9-27(11-13-2-6-16(26)7-3-13)23(31)19(17)21(30)25(29)33/h2-3,6-7,14-15,18,22,30H,4-5,8-12H2,1H3/t15-,18-,22?/m0/s1. The number of benzene rings is 1. The summed E-state index contributed by atoms with van der Waals surface area (Å²) in [6.07, 6.45) is 2.61. The van der Waals surface area contributed by atoms with Crippen LogP contribution in [0.15, 0.2) is 29.1 Å². The number of methoxy groups -OCH3 is 1. The molecule has 3 atom stereocenters. The number of aromatic hydroxyl groups is 1. The van der Waals surface area contributed by atoms with Gasteiger partial charge in [0.25, 0.3) is 17.4 Å². The van der Waals surface area contributed by atoms with E-state index < -0.39 is 23.4 Å². The van der Waals surface area contributed by atoms with Crippen molar-refractivity contribution in [2.75, 3.05) is 20.3 Å². The van der Waals surface area contributed by atoms with Gasteiger partial charge in [-0.3, -0.25) is 19.0 Å². The molecule has 2 saturated carbocycles. The molecule has 2 amide bonds. The number of carbonyl (C=O) groups excluding carboxylic acids is 2. The molecule has 4 aliphatic rings. The SMILES string of the molecule is COC[C@@H]1C[C@@H]1N1C(=O)c2c3c(c(O)c(=O)n2C1C1CC1)C(=O)N(Cc1ccc(F)cc1)CC3. The second-order valence-electron chi connectivity index (χ2n) is 9.81. The van der Waals surface area contributed by atoms with Gasteiger partial charge < -0.3 is 19.6 Å². The molecule has 178 valence electrons. The predicted molar refractivity (Wildman–Crippen MR) is 119 cm³/mol. The van der Waals surface area contributed by atoms with Gasteiger partial charge in [0.15, 0.2) is 5.75 Å². The Kier molecular flexibility index (Phi) is 4.81. The molecule has 2 aliphatic carbocycles. The van der Waals surface area contributed by atoms with Crippen LogP contribution >= 0.6 is 0 Å². The van der Waals surface area contributed by atoms with Gasteiger partial charge in [0.2, 0.25) is 0 Å². The molecule has 9 heteroatoms. The molecule has 0 spiro atoms. The van der Waals surface area contributed by atoms with E-state index in [1.165, 1.54) is 21.6 Å². The van der Waals surface area contributed by atoms with Crippen molar-refractivity contribution in [2.45, 2.75) is 44.4 Å². The monoisotopic (exact) mass is 467 g/mol. The number of hydrogen-bond acceptors (Lipinski definition) is 5. The van der Waals surface area contributed by atoms with Gasteiger partial charge >= 0.3 is 0 Å². The van der Waals surface area contributed by atoms with Gasteiger partial charge in [-0.2, -0.15) is 0 Å². The molecule has 0 bridgehead atoms. The molecule has 34 heavy (non-hydrogen) atoms. The molecule has 0 saturated heterocycles. The molecular formula is C25H26FN3O5. The summed E-state index contributed by atoms with van der Waals surface area (Å²) in [6.45, 7) is 1.12. The van der Waals surface area contributed by atoms with Crippen molar-refractivity contribution in [3.05, 3.63) is 62.8 Å². The van der Waals surface area contributed by atoms with E-state index in [9.17, 15) is 23.9 Å². The Labute approximate surface area is 195 Å². The molecular weight excluding hydrogens is 441 g/mol. The van der Waals surface area contributed by atoms with Gasteiger partial charge in [-0.1, -0.05) is 12.1 Å². The van der Waals surface area contributed by atoms with Crippen molar-refractivity contribution >= 4 is 11.8 Å². The lowest BCUT2D eigenvalue weighted by Gasteiger charge is -2.30. The van der Waals surface area contributed by atoms with E-state index >= 15 is 0 Å². The summed E-state index contributed by atoms with van der Waals surface area (Å²) in [5.41, 5.74) is 0.706. The Balaban J connectivity index is 1.39. The molecule has 3 heterocycles. The Bertz CT molecular complexity index is 1250. The van der Waals surface area contributed by atoms with E-state index in [0.717, 1.165) is 24.8 Å². The zero-order chi connectivity index (χ0) is 23.7. The number of rotatable bonds is 6. The lowest BCUT2D eigenvalue weighted by molar-refractivity contribution is 0.0608. The van der Waals surface area contributed by atoms with Gasteiger partial charge in [0.1, 0.15) is 17.7 Å². The van der Waals surface area contributed by atoms with E-state index in [4.69, 9.17) is 4.74 Å². The Morgan fingerprint density at radius 2 is 1.85 bits per heavy atom. The first-order valence-corrected chi connectivity index (χ1v) is 11.8. The molecule has 1 aromatic heterocycles. The lowest BCUT2D eigenvalue weighted by atomic mass is 9.95. The largest absolute Gasteiger partial charge is 0.502 e. The first-order valence-electron chi connectivity index (χ1n) is 11.8.